The van der Waals surface area contributed by atoms with Gasteiger partial charge in [-0.05, 0) is 74.3 Å². The molecule has 232 valence electrons. The van der Waals surface area contributed by atoms with Crippen LogP contribution in [-0.2, 0) is 4.79 Å². The molecule has 0 N–H and O–H groups in total. The van der Waals surface area contributed by atoms with Crippen molar-refractivity contribution in [2.75, 3.05) is 37.7 Å². The van der Waals surface area contributed by atoms with Crippen LogP contribution in [0.3, 0.4) is 0 Å². The number of fused-ring (bicyclic) bond motifs is 4. The van der Waals surface area contributed by atoms with E-state index in [1.807, 2.05) is 30.3 Å². The highest BCUT2D eigenvalue weighted by atomic mass is 35.5. The van der Waals surface area contributed by atoms with Crippen LogP contribution < -0.4 is 9.64 Å². The van der Waals surface area contributed by atoms with Crippen molar-refractivity contribution in [3.05, 3.63) is 70.7 Å². The number of amides is 1. The standard InChI is InChI=1S/C34H31Cl2F2N5O2/c1-19(37)32(44)42-14-9-27-28(42)17-43(27)31-23-15-24(35)22(21-6-2-5-20-7-8-25(38)30(36)29(20)21)16-26(23)39-33(40-31)45-18-34-10-3-12-41(34)13-4-11-34/h2,5-8,15-16,27-28H,1,3-4,9-14,17-18H2/t27?,28-/m1/s1. The summed E-state index contributed by atoms with van der Waals surface area (Å²) < 4.78 is 34.8. The van der Waals surface area contributed by atoms with Gasteiger partial charge in [0.1, 0.15) is 18.2 Å². The molecule has 1 amide bonds. The van der Waals surface area contributed by atoms with Crippen LogP contribution in [0.25, 0.3) is 32.8 Å². The van der Waals surface area contributed by atoms with Crippen LogP contribution in [0.4, 0.5) is 14.6 Å². The Morgan fingerprint density at radius 2 is 1.84 bits per heavy atom. The highest BCUT2D eigenvalue weighted by Crippen LogP contribution is 2.44. The van der Waals surface area contributed by atoms with Gasteiger partial charge in [0.2, 0.25) is 0 Å². The molecule has 1 aromatic heterocycles. The Hall–Kier alpha value is -3.53. The minimum Gasteiger partial charge on any atom is -0.461 e. The van der Waals surface area contributed by atoms with Crippen molar-refractivity contribution in [3.8, 4) is 17.1 Å². The molecule has 0 spiro atoms. The van der Waals surface area contributed by atoms with E-state index < -0.39 is 17.6 Å². The summed E-state index contributed by atoms with van der Waals surface area (Å²) >= 11 is 13.5. The molecule has 45 heavy (non-hydrogen) atoms. The first kappa shape index (κ1) is 28.9. The average molecular weight is 651 g/mol. The van der Waals surface area contributed by atoms with Crippen LogP contribution in [0.15, 0.2) is 54.9 Å². The second-order valence-electron chi connectivity index (χ2n) is 12.6. The van der Waals surface area contributed by atoms with Crippen molar-refractivity contribution in [3.63, 3.8) is 0 Å². The lowest BCUT2D eigenvalue weighted by Gasteiger charge is -2.47. The Balaban J connectivity index is 1.22. The summed E-state index contributed by atoms with van der Waals surface area (Å²) in [5, 5.41) is 2.57. The van der Waals surface area contributed by atoms with Crippen molar-refractivity contribution < 1.29 is 18.3 Å². The minimum atomic E-state index is -0.947. The van der Waals surface area contributed by atoms with Crippen LogP contribution in [0.1, 0.15) is 32.1 Å². The SMILES string of the molecule is C=C(F)C(=O)N1CCC2[C@H]1CN2c1nc(OCC23CCCN2CCC3)nc2cc(-c3cccc4ccc(F)c(Cl)c34)c(Cl)cc12. The summed E-state index contributed by atoms with van der Waals surface area (Å²) in [6.07, 6.45) is 5.16. The molecule has 3 aromatic carbocycles. The number of likely N-dealkylation sites (tertiary alicyclic amines) is 1. The van der Waals surface area contributed by atoms with Crippen LogP contribution in [0.2, 0.25) is 10.0 Å². The lowest BCUT2D eigenvalue weighted by Crippen LogP contribution is -2.63. The van der Waals surface area contributed by atoms with Crippen molar-refractivity contribution in [1.29, 1.82) is 0 Å². The molecule has 2 atom stereocenters. The molecule has 0 bridgehead atoms. The van der Waals surface area contributed by atoms with Gasteiger partial charge in [0.25, 0.3) is 5.91 Å². The van der Waals surface area contributed by atoms with Gasteiger partial charge in [0.05, 0.1) is 28.2 Å². The van der Waals surface area contributed by atoms with Gasteiger partial charge in [-0.2, -0.15) is 9.97 Å². The van der Waals surface area contributed by atoms with Crippen molar-refractivity contribution in [1.82, 2.24) is 19.8 Å². The summed E-state index contributed by atoms with van der Waals surface area (Å²) in [7, 11) is 0. The van der Waals surface area contributed by atoms with Crippen LogP contribution in [0.5, 0.6) is 6.01 Å². The van der Waals surface area contributed by atoms with E-state index in [1.165, 1.54) is 6.07 Å². The second-order valence-corrected chi connectivity index (χ2v) is 13.4. The molecule has 4 aliphatic heterocycles. The Morgan fingerprint density at radius 3 is 2.62 bits per heavy atom. The fourth-order valence-electron chi connectivity index (χ4n) is 8.07. The van der Waals surface area contributed by atoms with Crippen LogP contribution >= 0.6 is 23.2 Å². The monoisotopic (exact) mass is 649 g/mol. The van der Waals surface area contributed by atoms with E-state index in [0.717, 1.165) is 49.5 Å². The van der Waals surface area contributed by atoms with Crippen LogP contribution in [0, 0.1) is 5.82 Å². The lowest BCUT2D eigenvalue weighted by atomic mass is 9.95. The predicted octanol–water partition coefficient (Wildman–Crippen LogP) is 7.18. The Kier molecular flexibility index (Phi) is 6.93. The number of halogens is 4. The molecule has 4 aromatic rings. The van der Waals surface area contributed by atoms with Gasteiger partial charge >= 0.3 is 6.01 Å². The second kappa shape index (κ2) is 10.8. The number of benzene rings is 3. The first-order chi connectivity index (χ1) is 21.7. The summed E-state index contributed by atoms with van der Waals surface area (Å²) in [4.78, 5) is 28.5. The smallest absolute Gasteiger partial charge is 0.319 e. The number of rotatable bonds is 6. The zero-order chi connectivity index (χ0) is 31.0. The fourth-order valence-corrected chi connectivity index (χ4v) is 8.61. The Bertz CT molecular complexity index is 1890. The number of anilines is 1. The lowest BCUT2D eigenvalue weighted by molar-refractivity contribution is -0.130. The number of hydrogen-bond donors (Lipinski definition) is 0. The molecule has 0 saturated carbocycles. The quantitative estimate of drug-likeness (QED) is 0.206. The molecule has 7 nitrogen and oxygen atoms in total. The first-order valence-corrected chi connectivity index (χ1v) is 16.2. The third-order valence-corrected chi connectivity index (χ3v) is 11.0. The summed E-state index contributed by atoms with van der Waals surface area (Å²) in [6.45, 7) is 6.81. The predicted molar refractivity (Wildman–Crippen MR) is 172 cm³/mol. The normalized spacial score (nSPS) is 22.1. The highest BCUT2D eigenvalue weighted by Gasteiger charge is 2.50. The van der Waals surface area contributed by atoms with E-state index in [9.17, 15) is 13.6 Å². The highest BCUT2D eigenvalue weighted by molar-refractivity contribution is 6.38. The van der Waals surface area contributed by atoms with Gasteiger partial charge in [-0.15, -0.1) is 0 Å². The molecule has 4 fully saturated rings. The van der Waals surface area contributed by atoms with Gasteiger partial charge < -0.3 is 14.5 Å². The maximum Gasteiger partial charge on any atom is 0.319 e. The third-order valence-electron chi connectivity index (χ3n) is 10.3. The molecular weight excluding hydrogens is 619 g/mol. The molecule has 8 rings (SSSR count). The number of carbonyl (C=O) groups excluding carboxylic acids is 1. The molecule has 1 unspecified atom stereocenters. The topological polar surface area (TPSA) is 61.8 Å². The molecule has 0 radical (unpaired) electrons. The zero-order valence-corrected chi connectivity index (χ0v) is 26.1. The van der Waals surface area contributed by atoms with E-state index in [4.69, 9.17) is 37.9 Å². The number of carbonyl (C=O) groups is 1. The van der Waals surface area contributed by atoms with E-state index in [1.54, 1.807) is 11.0 Å². The minimum absolute atomic E-state index is 0.0103. The van der Waals surface area contributed by atoms with Gasteiger partial charge in [0, 0.05) is 34.4 Å². The Morgan fingerprint density at radius 1 is 1.04 bits per heavy atom. The summed E-state index contributed by atoms with van der Waals surface area (Å²) in [5.41, 5.74) is 1.99. The van der Waals surface area contributed by atoms with E-state index in [2.05, 4.69) is 16.4 Å². The van der Waals surface area contributed by atoms with E-state index in [-0.39, 0.29) is 28.7 Å². The third kappa shape index (κ3) is 4.57. The first-order valence-electron chi connectivity index (χ1n) is 15.4. The van der Waals surface area contributed by atoms with Gasteiger partial charge in [0.15, 0.2) is 5.83 Å². The number of hydrogen-bond acceptors (Lipinski definition) is 6. The Labute approximate surface area is 269 Å². The molecule has 11 heteroatoms. The van der Waals surface area contributed by atoms with E-state index >= 15 is 0 Å². The number of ether oxygens (including phenoxy) is 1. The summed E-state index contributed by atoms with van der Waals surface area (Å²) in [5.74, 6) is -1.45. The largest absolute Gasteiger partial charge is 0.461 e. The maximum absolute atomic E-state index is 14.6. The van der Waals surface area contributed by atoms with Crippen LogP contribution in [-0.4, -0.2) is 76.1 Å². The molecule has 4 aliphatic rings. The molecule has 0 aliphatic carbocycles. The zero-order valence-electron chi connectivity index (χ0n) is 24.5. The average Bonchev–Trinajstić information content (AvgIpc) is 3.70. The van der Waals surface area contributed by atoms with Crippen molar-refractivity contribution in [2.24, 2.45) is 0 Å². The number of aromatic nitrogens is 2. The van der Waals surface area contributed by atoms with Gasteiger partial charge in [-0.25, -0.2) is 8.78 Å². The van der Waals surface area contributed by atoms with Crippen molar-refractivity contribution >= 4 is 56.6 Å². The molecule has 4 saturated heterocycles. The summed E-state index contributed by atoms with van der Waals surface area (Å²) in [6, 6.07) is 12.5. The van der Waals surface area contributed by atoms with E-state index in [0.29, 0.717) is 59.0 Å². The van der Waals surface area contributed by atoms with Gasteiger partial charge in [-0.1, -0.05) is 54.0 Å². The molecular formula is C34H31Cl2F2N5O2. The number of nitrogens with zero attached hydrogens (tertiary/aromatic N) is 5. The molecule has 5 heterocycles. The maximum atomic E-state index is 14.6. The van der Waals surface area contributed by atoms with Crippen molar-refractivity contribution in [2.45, 2.75) is 49.7 Å². The van der Waals surface area contributed by atoms with Gasteiger partial charge in [-0.3, -0.25) is 9.69 Å². The fraction of sp³-hybridized carbons (Fsp3) is 0.382.